The van der Waals surface area contributed by atoms with Gasteiger partial charge in [-0.25, -0.2) is 5.43 Å². The molecule has 0 spiro atoms. The lowest BCUT2D eigenvalue weighted by molar-refractivity contribution is -0.384. The van der Waals surface area contributed by atoms with E-state index in [1.807, 2.05) is 0 Å². The Bertz CT molecular complexity index is 855. The van der Waals surface area contributed by atoms with Gasteiger partial charge in [0.15, 0.2) is 11.5 Å². The molecule has 0 unspecified atom stereocenters. The summed E-state index contributed by atoms with van der Waals surface area (Å²) >= 11 is 5.73. The summed E-state index contributed by atoms with van der Waals surface area (Å²) in [6, 6.07) is 11.2. The Hall–Kier alpha value is -3.13. The summed E-state index contributed by atoms with van der Waals surface area (Å²) in [5, 5.41) is 14.6. The second-order valence-electron chi connectivity index (χ2n) is 5.07. The number of rotatable bonds is 4. The van der Waals surface area contributed by atoms with E-state index in [1.165, 1.54) is 18.3 Å². The molecule has 9 heteroatoms. The van der Waals surface area contributed by atoms with Crippen molar-refractivity contribution in [2.24, 2.45) is 5.10 Å². The monoisotopic (exact) mass is 361 g/mol. The number of hydrazone groups is 1. The molecule has 1 heterocycles. The molecule has 1 amide bonds. The highest BCUT2D eigenvalue weighted by Gasteiger charge is 2.27. The molecule has 2 aromatic rings. The van der Waals surface area contributed by atoms with Gasteiger partial charge in [-0.3, -0.25) is 14.9 Å². The quantitative estimate of drug-likeness (QED) is 0.512. The highest BCUT2D eigenvalue weighted by Crippen LogP contribution is 2.30. The van der Waals surface area contributed by atoms with E-state index < -0.39 is 16.9 Å². The van der Waals surface area contributed by atoms with Gasteiger partial charge in [0.05, 0.1) is 11.1 Å². The second-order valence-corrected chi connectivity index (χ2v) is 5.47. The van der Waals surface area contributed by atoms with Crippen LogP contribution in [-0.4, -0.2) is 29.8 Å². The Kier molecular flexibility index (Phi) is 4.80. The van der Waals surface area contributed by atoms with Crippen LogP contribution >= 0.6 is 11.6 Å². The minimum atomic E-state index is -0.841. The Labute approximate surface area is 147 Å². The van der Waals surface area contributed by atoms with E-state index in [0.29, 0.717) is 17.1 Å². The summed E-state index contributed by atoms with van der Waals surface area (Å²) in [7, 11) is 0. The minimum absolute atomic E-state index is 0.0256. The fourth-order valence-corrected chi connectivity index (χ4v) is 2.33. The van der Waals surface area contributed by atoms with Crippen molar-refractivity contribution in [3.8, 4) is 11.5 Å². The first-order valence-electron chi connectivity index (χ1n) is 7.20. The lowest BCUT2D eigenvalue weighted by Gasteiger charge is -2.24. The standard InChI is InChI=1S/C16H12ClN3O5/c17-11-6-5-10(7-12(11)20(22)23)8-18-19-16(21)15-9-24-13-3-1-2-4-14(13)25-15/h1-8,15H,9H2,(H,19,21)/t15-/m1/s1. The SMILES string of the molecule is O=C(NN=Cc1ccc(Cl)c([N+](=O)[O-])c1)[C@H]1COc2ccccc2O1. The van der Waals surface area contributed by atoms with Crippen molar-refractivity contribution in [1.29, 1.82) is 0 Å². The van der Waals surface area contributed by atoms with Crippen molar-refractivity contribution in [3.05, 3.63) is 63.2 Å². The normalized spacial score (nSPS) is 15.8. The molecule has 0 fully saturated rings. The molecule has 0 saturated carbocycles. The van der Waals surface area contributed by atoms with Gasteiger partial charge in [-0.15, -0.1) is 0 Å². The number of nitro groups is 1. The molecule has 1 aliphatic heterocycles. The van der Waals surface area contributed by atoms with Gasteiger partial charge in [0.1, 0.15) is 11.6 Å². The predicted octanol–water partition coefficient (Wildman–Crippen LogP) is 2.54. The lowest BCUT2D eigenvalue weighted by Crippen LogP contribution is -2.42. The molecule has 2 aromatic carbocycles. The summed E-state index contributed by atoms with van der Waals surface area (Å²) < 4.78 is 11.0. The summed E-state index contributed by atoms with van der Waals surface area (Å²) in [4.78, 5) is 22.3. The number of para-hydroxylation sites is 2. The van der Waals surface area contributed by atoms with Crippen molar-refractivity contribution in [2.45, 2.75) is 6.10 Å². The van der Waals surface area contributed by atoms with Crippen LogP contribution in [0.2, 0.25) is 5.02 Å². The number of hydrogen-bond donors (Lipinski definition) is 1. The van der Waals surface area contributed by atoms with Crippen molar-refractivity contribution in [2.75, 3.05) is 6.61 Å². The van der Waals surface area contributed by atoms with Gasteiger partial charge in [0.2, 0.25) is 6.10 Å². The Morgan fingerprint density at radius 2 is 2.08 bits per heavy atom. The zero-order chi connectivity index (χ0) is 17.8. The van der Waals surface area contributed by atoms with Crippen molar-refractivity contribution in [3.63, 3.8) is 0 Å². The molecule has 0 aliphatic carbocycles. The molecule has 0 saturated heterocycles. The molecule has 3 rings (SSSR count). The van der Waals surface area contributed by atoms with Crippen molar-refractivity contribution in [1.82, 2.24) is 5.43 Å². The number of ether oxygens (including phenoxy) is 2. The molecule has 1 N–H and O–H groups in total. The first-order chi connectivity index (χ1) is 12.0. The van der Waals surface area contributed by atoms with Crippen LogP contribution in [0.3, 0.4) is 0 Å². The zero-order valence-corrected chi connectivity index (χ0v) is 13.5. The third kappa shape index (κ3) is 3.86. The molecule has 1 atom stereocenters. The van der Waals surface area contributed by atoms with Gasteiger partial charge in [-0.1, -0.05) is 29.8 Å². The van der Waals surface area contributed by atoms with Gasteiger partial charge in [-0.2, -0.15) is 5.10 Å². The number of fused-ring (bicyclic) bond motifs is 1. The Morgan fingerprint density at radius 3 is 2.84 bits per heavy atom. The number of benzene rings is 2. The maximum absolute atomic E-state index is 12.1. The minimum Gasteiger partial charge on any atom is -0.485 e. The Morgan fingerprint density at radius 1 is 1.32 bits per heavy atom. The predicted molar refractivity (Wildman–Crippen MR) is 90.2 cm³/mol. The highest BCUT2D eigenvalue weighted by molar-refractivity contribution is 6.32. The fourth-order valence-electron chi connectivity index (χ4n) is 2.14. The van der Waals surface area contributed by atoms with Crippen LogP contribution in [0.25, 0.3) is 0 Å². The van der Waals surface area contributed by atoms with Crippen LogP contribution in [0.5, 0.6) is 11.5 Å². The highest BCUT2D eigenvalue weighted by atomic mass is 35.5. The number of carbonyl (C=O) groups is 1. The molecule has 0 radical (unpaired) electrons. The van der Waals surface area contributed by atoms with Crippen LogP contribution in [0.4, 0.5) is 5.69 Å². The van der Waals surface area contributed by atoms with Crippen LogP contribution in [-0.2, 0) is 4.79 Å². The number of nitro benzene ring substituents is 1. The fraction of sp³-hybridized carbons (Fsp3) is 0.125. The molecule has 0 aromatic heterocycles. The van der Waals surface area contributed by atoms with Crippen LogP contribution in [0, 0.1) is 10.1 Å². The molecular formula is C16H12ClN3O5. The van der Waals surface area contributed by atoms with E-state index in [1.54, 1.807) is 30.3 Å². The molecule has 0 bridgehead atoms. The van der Waals surface area contributed by atoms with Crippen molar-refractivity contribution >= 4 is 29.4 Å². The van der Waals surface area contributed by atoms with E-state index in [9.17, 15) is 14.9 Å². The number of nitrogens with zero attached hydrogens (tertiary/aromatic N) is 2. The summed E-state index contributed by atoms with van der Waals surface area (Å²) in [5.41, 5.74) is 2.50. The summed E-state index contributed by atoms with van der Waals surface area (Å²) in [5.74, 6) is 0.559. The van der Waals surface area contributed by atoms with Gasteiger partial charge in [0, 0.05) is 11.6 Å². The van der Waals surface area contributed by atoms with Gasteiger partial charge >= 0.3 is 0 Å². The molecule has 128 valence electrons. The Balaban J connectivity index is 1.62. The lowest BCUT2D eigenvalue weighted by atomic mass is 10.2. The van der Waals surface area contributed by atoms with E-state index in [-0.39, 0.29) is 17.3 Å². The number of amides is 1. The summed E-state index contributed by atoms with van der Waals surface area (Å²) in [6.07, 6.45) is 0.436. The first kappa shape index (κ1) is 16.7. The maximum atomic E-state index is 12.1. The molecular weight excluding hydrogens is 350 g/mol. The van der Waals surface area contributed by atoms with Gasteiger partial charge < -0.3 is 9.47 Å². The maximum Gasteiger partial charge on any atom is 0.288 e. The number of halogens is 1. The number of carbonyl (C=O) groups excluding carboxylic acids is 1. The topological polar surface area (TPSA) is 103 Å². The van der Waals surface area contributed by atoms with Gasteiger partial charge in [0.25, 0.3) is 11.6 Å². The average Bonchev–Trinajstić information content (AvgIpc) is 2.62. The second kappa shape index (κ2) is 7.18. The van der Waals surface area contributed by atoms with E-state index in [0.717, 1.165) is 0 Å². The largest absolute Gasteiger partial charge is 0.485 e. The van der Waals surface area contributed by atoms with Crippen LogP contribution in [0.15, 0.2) is 47.6 Å². The van der Waals surface area contributed by atoms with Crippen LogP contribution < -0.4 is 14.9 Å². The zero-order valence-electron chi connectivity index (χ0n) is 12.7. The third-order valence-corrected chi connectivity index (χ3v) is 3.68. The van der Waals surface area contributed by atoms with E-state index >= 15 is 0 Å². The molecule has 8 nitrogen and oxygen atoms in total. The smallest absolute Gasteiger partial charge is 0.288 e. The third-order valence-electron chi connectivity index (χ3n) is 3.36. The molecule has 1 aliphatic rings. The average molecular weight is 362 g/mol. The summed E-state index contributed by atoms with van der Waals surface area (Å²) in [6.45, 7) is 0.0603. The van der Waals surface area contributed by atoms with Crippen LogP contribution in [0.1, 0.15) is 5.56 Å². The van der Waals surface area contributed by atoms with Crippen molar-refractivity contribution < 1.29 is 19.2 Å². The van der Waals surface area contributed by atoms with E-state index in [2.05, 4.69) is 10.5 Å². The van der Waals surface area contributed by atoms with E-state index in [4.69, 9.17) is 21.1 Å². The first-order valence-corrected chi connectivity index (χ1v) is 7.58. The number of nitrogens with one attached hydrogen (secondary N) is 1. The molecule has 25 heavy (non-hydrogen) atoms. The van der Waals surface area contributed by atoms with Gasteiger partial charge in [-0.05, 0) is 18.2 Å². The number of hydrogen-bond acceptors (Lipinski definition) is 6.